The van der Waals surface area contributed by atoms with Gasteiger partial charge in [-0.1, -0.05) is 23.5 Å². The maximum atomic E-state index is 12.5. The van der Waals surface area contributed by atoms with Crippen LogP contribution in [0, 0.1) is 10.1 Å². The summed E-state index contributed by atoms with van der Waals surface area (Å²) >= 11 is 1.38. The van der Waals surface area contributed by atoms with Crippen LogP contribution in [0.4, 0.5) is 10.8 Å². The van der Waals surface area contributed by atoms with Gasteiger partial charge in [0.2, 0.25) is 11.8 Å². The highest BCUT2D eigenvalue weighted by atomic mass is 32.1. The normalized spacial score (nSPS) is 13.2. The first kappa shape index (κ1) is 17.0. The third-order valence-corrected chi connectivity index (χ3v) is 4.87. The van der Waals surface area contributed by atoms with Gasteiger partial charge in [-0.3, -0.25) is 19.7 Å². The van der Waals surface area contributed by atoms with Gasteiger partial charge < -0.3 is 10.2 Å². The number of carbonyl (C=O) groups excluding carboxylic acids is 2. The summed E-state index contributed by atoms with van der Waals surface area (Å²) in [7, 11) is 0. The Morgan fingerprint density at radius 3 is 2.72 bits per heavy atom. The molecule has 9 heteroatoms. The van der Waals surface area contributed by atoms with Crippen LogP contribution in [0.3, 0.4) is 0 Å². The van der Waals surface area contributed by atoms with Gasteiger partial charge in [0.1, 0.15) is 0 Å². The number of anilines is 1. The first-order valence-electron chi connectivity index (χ1n) is 7.69. The van der Waals surface area contributed by atoms with Crippen LogP contribution < -0.4 is 5.32 Å². The molecule has 0 aliphatic carbocycles. The van der Waals surface area contributed by atoms with E-state index in [1.54, 1.807) is 17.0 Å². The van der Waals surface area contributed by atoms with E-state index in [0.29, 0.717) is 24.6 Å². The van der Waals surface area contributed by atoms with E-state index in [1.807, 2.05) is 0 Å². The number of benzene rings is 1. The molecule has 1 aromatic carbocycles. The van der Waals surface area contributed by atoms with Crippen LogP contribution in [0.1, 0.15) is 23.1 Å². The number of fused-ring (bicyclic) bond motifs is 1. The lowest BCUT2D eigenvalue weighted by molar-refractivity contribution is -0.384. The smallest absolute Gasteiger partial charge is 0.269 e. The zero-order valence-electron chi connectivity index (χ0n) is 13.5. The number of thiazole rings is 1. The Kier molecular flexibility index (Phi) is 4.75. The Bertz CT molecular complexity index is 831. The van der Waals surface area contributed by atoms with E-state index >= 15 is 0 Å². The summed E-state index contributed by atoms with van der Waals surface area (Å²) in [4.78, 5) is 40.9. The summed E-state index contributed by atoms with van der Waals surface area (Å²) in [6.45, 7) is 2.47. The topological polar surface area (TPSA) is 105 Å². The van der Waals surface area contributed by atoms with Crippen molar-refractivity contribution < 1.29 is 14.5 Å². The largest absolute Gasteiger partial charge is 0.337 e. The van der Waals surface area contributed by atoms with Gasteiger partial charge in [-0.2, -0.15) is 0 Å². The Labute approximate surface area is 147 Å². The molecule has 1 aromatic heterocycles. The van der Waals surface area contributed by atoms with Gasteiger partial charge in [-0.05, 0) is 5.56 Å². The molecule has 0 unspecified atom stereocenters. The number of nitrogens with zero attached hydrogens (tertiary/aromatic N) is 3. The van der Waals surface area contributed by atoms with Gasteiger partial charge in [-0.25, -0.2) is 4.98 Å². The van der Waals surface area contributed by atoms with Gasteiger partial charge in [0, 0.05) is 36.9 Å². The monoisotopic (exact) mass is 360 g/mol. The predicted octanol–water partition coefficient (Wildman–Crippen LogP) is 2.14. The van der Waals surface area contributed by atoms with Crippen LogP contribution in [0.15, 0.2) is 24.3 Å². The second-order valence-electron chi connectivity index (χ2n) is 5.74. The summed E-state index contributed by atoms with van der Waals surface area (Å²) in [6, 6.07) is 6.01. The fourth-order valence-corrected chi connectivity index (χ4v) is 3.70. The molecule has 1 aliphatic rings. The number of carbonyl (C=O) groups is 2. The third kappa shape index (κ3) is 4.00. The van der Waals surface area contributed by atoms with E-state index in [4.69, 9.17) is 0 Å². The molecule has 0 spiro atoms. The molecule has 0 saturated carbocycles. The highest BCUT2D eigenvalue weighted by Crippen LogP contribution is 2.28. The molecule has 0 fully saturated rings. The van der Waals surface area contributed by atoms with Gasteiger partial charge >= 0.3 is 0 Å². The number of nitrogens with one attached hydrogen (secondary N) is 1. The van der Waals surface area contributed by atoms with E-state index in [1.165, 1.54) is 30.4 Å². The summed E-state index contributed by atoms with van der Waals surface area (Å²) in [6.07, 6.45) is 0.849. The molecule has 2 aromatic rings. The quantitative estimate of drug-likeness (QED) is 0.664. The van der Waals surface area contributed by atoms with Gasteiger partial charge in [-0.15, -0.1) is 0 Å². The fraction of sp³-hybridized carbons (Fsp3) is 0.312. The molecule has 130 valence electrons. The molecule has 3 rings (SSSR count). The lowest BCUT2D eigenvalue weighted by atomic mass is 10.1. The van der Waals surface area contributed by atoms with E-state index < -0.39 is 4.92 Å². The summed E-state index contributed by atoms with van der Waals surface area (Å²) in [5.41, 5.74) is 1.67. The average Bonchev–Trinajstić information content (AvgIpc) is 2.95. The number of amides is 2. The molecular weight excluding hydrogens is 344 g/mol. The molecule has 0 bridgehead atoms. The number of hydrogen-bond donors (Lipinski definition) is 1. The summed E-state index contributed by atoms with van der Waals surface area (Å²) in [5, 5.41) is 13.9. The van der Waals surface area contributed by atoms with Crippen molar-refractivity contribution in [3.8, 4) is 0 Å². The van der Waals surface area contributed by atoms with Crippen molar-refractivity contribution in [2.24, 2.45) is 0 Å². The number of rotatable bonds is 4. The van der Waals surface area contributed by atoms with Gasteiger partial charge in [0.05, 0.1) is 23.6 Å². The minimum absolute atomic E-state index is 0.00831. The minimum Gasteiger partial charge on any atom is -0.337 e. The van der Waals surface area contributed by atoms with Crippen molar-refractivity contribution >= 4 is 34.0 Å². The van der Waals surface area contributed by atoms with Crippen molar-refractivity contribution in [2.75, 3.05) is 11.9 Å². The Morgan fingerprint density at radius 1 is 1.36 bits per heavy atom. The molecule has 1 N–H and O–H groups in total. The average molecular weight is 360 g/mol. The second-order valence-corrected chi connectivity index (χ2v) is 6.82. The highest BCUT2D eigenvalue weighted by Gasteiger charge is 2.24. The maximum absolute atomic E-state index is 12.5. The number of nitro groups is 1. The minimum atomic E-state index is -0.464. The van der Waals surface area contributed by atoms with E-state index in [2.05, 4.69) is 10.3 Å². The Hall–Kier alpha value is -2.81. The second kappa shape index (κ2) is 6.98. The van der Waals surface area contributed by atoms with E-state index in [-0.39, 0.29) is 23.9 Å². The summed E-state index contributed by atoms with van der Waals surface area (Å²) in [5.74, 6) is -0.203. The molecule has 8 nitrogen and oxygen atoms in total. The van der Waals surface area contributed by atoms with Crippen molar-refractivity contribution in [1.82, 2.24) is 9.88 Å². The maximum Gasteiger partial charge on any atom is 0.269 e. The van der Waals surface area contributed by atoms with Crippen LogP contribution >= 0.6 is 11.3 Å². The number of hydrogen-bond acceptors (Lipinski definition) is 6. The molecule has 1 aliphatic heterocycles. The molecule has 0 saturated heterocycles. The standard InChI is InChI=1S/C16H16N4O4S/c1-10(21)17-16-18-13-6-7-19(9-14(13)25-16)15(22)8-11-2-4-12(5-3-11)20(23)24/h2-5H,6-9H2,1H3,(H,17,18,21). The number of non-ortho nitro benzene ring substituents is 1. The van der Waals surface area contributed by atoms with Crippen molar-refractivity contribution in [3.63, 3.8) is 0 Å². The van der Waals surface area contributed by atoms with Crippen molar-refractivity contribution in [2.45, 2.75) is 26.3 Å². The highest BCUT2D eigenvalue weighted by molar-refractivity contribution is 7.15. The zero-order chi connectivity index (χ0) is 18.0. The fourth-order valence-electron chi connectivity index (χ4n) is 2.63. The van der Waals surface area contributed by atoms with Crippen LogP contribution in [-0.4, -0.2) is 33.2 Å². The van der Waals surface area contributed by atoms with Crippen LogP contribution in [0.5, 0.6) is 0 Å². The van der Waals surface area contributed by atoms with Crippen LogP contribution in [0.2, 0.25) is 0 Å². The molecule has 25 heavy (non-hydrogen) atoms. The predicted molar refractivity (Wildman–Crippen MR) is 92.3 cm³/mol. The Balaban J connectivity index is 1.64. The van der Waals surface area contributed by atoms with Crippen LogP contribution in [0.25, 0.3) is 0 Å². The number of nitro benzene ring substituents is 1. The number of aromatic nitrogens is 1. The lowest BCUT2D eigenvalue weighted by Gasteiger charge is -2.26. The first-order valence-corrected chi connectivity index (χ1v) is 8.51. The van der Waals surface area contributed by atoms with Crippen molar-refractivity contribution in [1.29, 1.82) is 0 Å². The molecule has 0 radical (unpaired) electrons. The zero-order valence-corrected chi connectivity index (χ0v) is 14.3. The van der Waals surface area contributed by atoms with E-state index in [9.17, 15) is 19.7 Å². The molecule has 2 amide bonds. The van der Waals surface area contributed by atoms with Crippen LogP contribution in [-0.2, 0) is 29.0 Å². The molecule has 2 heterocycles. The van der Waals surface area contributed by atoms with Gasteiger partial charge in [0.15, 0.2) is 5.13 Å². The Morgan fingerprint density at radius 2 is 2.08 bits per heavy atom. The SMILES string of the molecule is CC(=O)Nc1nc2c(s1)CN(C(=O)Cc1ccc([N+](=O)[O-])cc1)CC2. The third-order valence-electron chi connectivity index (χ3n) is 3.87. The van der Waals surface area contributed by atoms with Crippen molar-refractivity contribution in [3.05, 3.63) is 50.5 Å². The first-order chi connectivity index (χ1) is 11.9. The lowest BCUT2D eigenvalue weighted by Crippen LogP contribution is -2.36. The summed E-state index contributed by atoms with van der Waals surface area (Å²) < 4.78 is 0. The molecular formula is C16H16N4O4S. The van der Waals surface area contributed by atoms with E-state index in [0.717, 1.165) is 16.1 Å². The molecule has 0 atom stereocenters. The van der Waals surface area contributed by atoms with Gasteiger partial charge in [0.25, 0.3) is 5.69 Å².